The van der Waals surface area contributed by atoms with E-state index in [9.17, 15) is 4.79 Å². The summed E-state index contributed by atoms with van der Waals surface area (Å²) in [5, 5.41) is 5.98. The van der Waals surface area contributed by atoms with Gasteiger partial charge in [0.25, 0.3) is 5.91 Å². The summed E-state index contributed by atoms with van der Waals surface area (Å²) in [5.74, 6) is 0.566. The van der Waals surface area contributed by atoms with Crippen LogP contribution in [-0.4, -0.2) is 24.6 Å². The molecule has 2 rings (SSSR count). The zero-order valence-electron chi connectivity index (χ0n) is 10.0. The summed E-state index contributed by atoms with van der Waals surface area (Å²) in [4.78, 5) is 11.2. The Morgan fingerprint density at radius 3 is 3.00 bits per heavy atom. The molecule has 0 fully saturated rings. The number of carbonyl (C=O) groups excluding carboxylic acids is 1. The van der Waals surface area contributed by atoms with E-state index in [0.29, 0.717) is 18.0 Å². The SMILES string of the molecule is CC(C)(N)CNc1ccc2c(c1)NC(=O)CO2. The largest absolute Gasteiger partial charge is 0.482 e. The molecule has 92 valence electrons. The molecule has 0 atom stereocenters. The molecule has 0 bridgehead atoms. The van der Waals surface area contributed by atoms with Crippen LogP contribution in [0.3, 0.4) is 0 Å². The smallest absolute Gasteiger partial charge is 0.262 e. The van der Waals surface area contributed by atoms with Crippen LogP contribution in [0.15, 0.2) is 18.2 Å². The first kappa shape index (κ1) is 11.7. The van der Waals surface area contributed by atoms with Crippen molar-refractivity contribution in [3.63, 3.8) is 0 Å². The number of amides is 1. The molecule has 5 heteroatoms. The maximum Gasteiger partial charge on any atom is 0.262 e. The van der Waals surface area contributed by atoms with Gasteiger partial charge in [0.2, 0.25) is 0 Å². The first-order valence-electron chi connectivity index (χ1n) is 5.53. The Balaban J connectivity index is 2.10. The third-order valence-corrected chi connectivity index (χ3v) is 2.36. The molecular weight excluding hydrogens is 218 g/mol. The zero-order valence-corrected chi connectivity index (χ0v) is 10.0. The quantitative estimate of drug-likeness (QED) is 0.735. The van der Waals surface area contributed by atoms with E-state index in [0.717, 1.165) is 5.69 Å². The Kier molecular flexibility index (Phi) is 2.93. The van der Waals surface area contributed by atoms with E-state index in [1.54, 1.807) is 0 Å². The highest BCUT2D eigenvalue weighted by Gasteiger charge is 2.16. The maximum absolute atomic E-state index is 11.2. The van der Waals surface area contributed by atoms with Crippen LogP contribution in [0.1, 0.15) is 13.8 Å². The second-order valence-electron chi connectivity index (χ2n) is 4.89. The fourth-order valence-electron chi connectivity index (χ4n) is 1.52. The lowest BCUT2D eigenvalue weighted by Crippen LogP contribution is -2.39. The molecule has 0 aromatic heterocycles. The minimum atomic E-state index is -0.282. The summed E-state index contributed by atoms with van der Waals surface area (Å²) in [6, 6.07) is 5.58. The van der Waals surface area contributed by atoms with Crippen molar-refractivity contribution in [3.05, 3.63) is 18.2 Å². The van der Waals surface area contributed by atoms with E-state index in [-0.39, 0.29) is 18.1 Å². The fraction of sp³-hybridized carbons (Fsp3) is 0.417. The Hall–Kier alpha value is -1.75. The highest BCUT2D eigenvalue weighted by atomic mass is 16.5. The van der Waals surface area contributed by atoms with E-state index in [4.69, 9.17) is 10.5 Å². The minimum absolute atomic E-state index is 0.0790. The topological polar surface area (TPSA) is 76.4 Å². The molecule has 4 N–H and O–H groups in total. The highest BCUT2D eigenvalue weighted by molar-refractivity contribution is 5.96. The minimum Gasteiger partial charge on any atom is -0.482 e. The summed E-state index contributed by atoms with van der Waals surface area (Å²) in [7, 11) is 0. The molecule has 1 aliphatic heterocycles. The average molecular weight is 235 g/mol. The van der Waals surface area contributed by atoms with Gasteiger partial charge in [-0.3, -0.25) is 4.79 Å². The van der Waals surface area contributed by atoms with Gasteiger partial charge in [0.05, 0.1) is 5.69 Å². The van der Waals surface area contributed by atoms with Gasteiger partial charge in [-0.25, -0.2) is 0 Å². The maximum atomic E-state index is 11.2. The molecule has 0 unspecified atom stereocenters. The predicted octanol–water partition coefficient (Wildman–Crippen LogP) is 1.17. The Labute approximate surface area is 100 Å². The first-order valence-corrected chi connectivity index (χ1v) is 5.53. The molecule has 1 aromatic carbocycles. The summed E-state index contributed by atoms with van der Waals surface area (Å²) in [6.07, 6.45) is 0. The lowest BCUT2D eigenvalue weighted by molar-refractivity contribution is -0.118. The van der Waals surface area contributed by atoms with E-state index in [2.05, 4.69) is 10.6 Å². The molecule has 5 nitrogen and oxygen atoms in total. The Morgan fingerprint density at radius 1 is 1.53 bits per heavy atom. The van der Waals surface area contributed by atoms with Crippen molar-refractivity contribution >= 4 is 17.3 Å². The molecule has 0 aliphatic carbocycles. The Morgan fingerprint density at radius 2 is 2.29 bits per heavy atom. The van der Waals surface area contributed by atoms with Crippen LogP contribution in [0.4, 0.5) is 11.4 Å². The van der Waals surface area contributed by atoms with Crippen molar-refractivity contribution in [1.29, 1.82) is 0 Å². The Bertz CT molecular complexity index is 438. The molecule has 1 heterocycles. The molecule has 1 aromatic rings. The van der Waals surface area contributed by atoms with Gasteiger partial charge in [-0.05, 0) is 32.0 Å². The van der Waals surface area contributed by atoms with Gasteiger partial charge in [-0.1, -0.05) is 0 Å². The molecule has 1 aliphatic rings. The highest BCUT2D eigenvalue weighted by Crippen LogP contribution is 2.30. The second-order valence-corrected chi connectivity index (χ2v) is 4.89. The van der Waals surface area contributed by atoms with Crippen LogP contribution in [0, 0.1) is 0 Å². The van der Waals surface area contributed by atoms with Crippen molar-refractivity contribution in [2.75, 3.05) is 23.8 Å². The van der Waals surface area contributed by atoms with Crippen molar-refractivity contribution in [3.8, 4) is 5.75 Å². The first-order chi connectivity index (χ1) is 7.94. The standard InChI is InChI=1S/C12H17N3O2/c1-12(2,13)7-14-8-3-4-10-9(5-8)15-11(16)6-17-10/h3-5,14H,6-7,13H2,1-2H3,(H,15,16). The summed E-state index contributed by atoms with van der Waals surface area (Å²) in [6.45, 7) is 4.63. The summed E-state index contributed by atoms with van der Waals surface area (Å²) >= 11 is 0. The number of hydrogen-bond acceptors (Lipinski definition) is 4. The van der Waals surface area contributed by atoms with Gasteiger partial charge < -0.3 is 21.1 Å². The van der Waals surface area contributed by atoms with Crippen molar-refractivity contribution in [1.82, 2.24) is 0 Å². The van der Waals surface area contributed by atoms with E-state index < -0.39 is 0 Å². The number of rotatable bonds is 3. The predicted molar refractivity (Wildman–Crippen MR) is 67.3 cm³/mol. The zero-order chi connectivity index (χ0) is 12.5. The number of fused-ring (bicyclic) bond motifs is 1. The van der Waals surface area contributed by atoms with Crippen LogP contribution < -0.4 is 21.1 Å². The van der Waals surface area contributed by atoms with Crippen molar-refractivity contribution in [2.24, 2.45) is 5.73 Å². The number of carbonyl (C=O) groups is 1. The number of hydrogen-bond donors (Lipinski definition) is 3. The van der Waals surface area contributed by atoms with Gasteiger partial charge in [0.15, 0.2) is 6.61 Å². The lowest BCUT2D eigenvalue weighted by Gasteiger charge is -2.22. The average Bonchev–Trinajstić information content (AvgIpc) is 2.24. The van der Waals surface area contributed by atoms with Gasteiger partial charge in [0, 0.05) is 17.8 Å². The molecule has 0 radical (unpaired) electrons. The van der Waals surface area contributed by atoms with E-state index >= 15 is 0 Å². The second kappa shape index (κ2) is 4.25. The summed E-state index contributed by atoms with van der Waals surface area (Å²) < 4.78 is 5.27. The number of nitrogens with two attached hydrogens (primary N) is 1. The number of nitrogens with one attached hydrogen (secondary N) is 2. The molecule has 17 heavy (non-hydrogen) atoms. The third kappa shape index (κ3) is 3.10. The summed E-state index contributed by atoms with van der Waals surface area (Å²) in [5.41, 5.74) is 7.21. The van der Waals surface area contributed by atoms with Gasteiger partial charge in [-0.2, -0.15) is 0 Å². The fourth-order valence-corrected chi connectivity index (χ4v) is 1.52. The molecule has 0 saturated carbocycles. The molecule has 0 saturated heterocycles. The normalized spacial score (nSPS) is 14.6. The van der Waals surface area contributed by atoms with Crippen LogP contribution in [0.2, 0.25) is 0 Å². The van der Waals surface area contributed by atoms with Gasteiger partial charge in [0.1, 0.15) is 5.75 Å². The number of anilines is 2. The molecule has 0 spiro atoms. The lowest BCUT2D eigenvalue weighted by atomic mass is 10.1. The third-order valence-electron chi connectivity index (χ3n) is 2.36. The monoisotopic (exact) mass is 235 g/mol. The van der Waals surface area contributed by atoms with Crippen molar-refractivity contribution < 1.29 is 9.53 Å². The van der Waals surface area contributed by atoms with Crippen LogP contribution >= 0.6 is 0 Å². The van der Waals surface area contributed by atoms with Gasteiger partial charge in [-0.15, -0.1) is 0 Å². The molecular formula is C12H17N3O2. The van der Waals surface area contributed by atoms with Crippen LogP contribution in [-0.2, 0) is 4.79 Å². The van der Waals surface area contributed by atoms with E-state index in [1.165, 1.54) is 0 Å². The van der Waals surface area contributed by atoms with Crippen LogP contribution in [0.5, 0.6) is 5.75 Å². The van der Waals surface area contributed by atoms with Gasteiger partial charge >= 0.3 is 0 Å². The number of ether oxygens (including phenoxy) is 1. The van der Waals surface area contributed by atoms with E-state index in [1.807, 2.05) is 32.0 Å². The number of benzene rings is 1. The van der Waals surface area contributed by atoms with Crippen LogP contribution in [0.25, 0.3) is 0 Å². The van der Waals surface area contributed by atoms with Crippen molar-refractivity contribution in [2.45, 2.75) is 19.4 Å². The molecule has 1 amide bonds.